The summed E-state index contributed by atoms with van der Waals surface area (Å²) in [5.74, 6) is -0.243. The van der Waals surface area contributed by atoms with Gasteiger partial charge in [-0.05, 0) is 47.9 Å². The summed E-state index contributed by atoms with van der Waals surface area (Å²) < 4.78 is 38.3. The van der Waals surface area contributed by atoms with Crippen LogP contribution in [-0.2, 0) is 30.5 Å². The minimum absolute atomic E-state index is 0.0544. The molecule has 156 valence electrons. The molecule has 2 N–H and O–H groups in total. The molecule has 0 aliphatic carbocycles. The first kappa shape index (κ1) is 21.4. The number of aryl methyl sites for hydroxylation is 1. The molecule has 3 nitrogen and oxygen atoms in total. The highest BCUT2D eigenvalue weighted by atomic mass is 19.4. The van der Waals surface area contributed by atoms with Gasteiger partial charge in [0.15, 0.2) is 0 Å². The Morgan fingerprint density at radius 3 is 2.17 bits per heavy atom. The van der Waals surface area contributed by atoms with Gasteiger partial charge in [0.25, 0.3) is 0 Å². The van der Waals surface area contributed by atoms with E-state index in [2.05, 4.69) is 35.8 Å². The summed E-state index contributed by atoms with van der Waals surface area (Å²) in [5.41, 5.74) is 3.87. The van der Waals surface area contributed by atoms with E-state index in [-0.39, 0.29) is 18.9 Å². The summed E-state index contributed by atoms with van der Waals surface area (Å²) in [6.45, 7) is 2.81. The molecule has 3 rings (SSSR count). The van der Waals surface area contributed by atoms with Crippen LogP contribution in [0.15, 0.2) is 72.8 Å². The van der Waals surface area contributed by atoms with E-state index in [1.807, 2.05) is 30.3 Å². The Morgan fingerprint density at radius 2 is 1.50 bits per heavy atom. The van der Waals surface area contributed by atoms with E-state index in [0.29, 0.717) is 12.1 Å². The highest BCUT2D eigenvalue weighted by molar-refractivity contribution is 5.78. The minimum atomic E-state index is -4.39. The summed E-state index contributed by atoms with van der Waals surface area (Å²) in [6.07, 6.45) is -4.23. The van der Waals surface area contributed by atoms with Gasteiger partial charge in [-0.15, -0.1) is 0 Å². The highest BCUT2D eigenvalue weighted by Gasteiger charge is 2.30. The quantitative estimate of drug-likeness (QED) is 0.539. The lowest BCUT2D eigenvalue weighted by molar-refractivity contribution is -0.137. The Hall–Kier alpha value is -3.28. The molecule has 0 spiro atoms. The molecular formula is C24H23F3N2O. The van der Waals surface area contributed by atoms with E-state index < -0.39 is 11.7 Å². The fourth-order valence-electron chi connectivity index (χ4n) is 3.07. The van der Waals surface area contributed by atoms with Gasteiger partial charge in [0.2, 0.25) is 5.91 Å². The first-order valence-corrected chi connectivity index (χ1v) is 9.61. The Kier molecular flexibility index (Phi) is 6.77. The van der Waals surface area contributed by atoms with Gasteiger partial charge in [-0.1, -0.05) is 54.1 Å². The van der Waals surface area contributed by atoms with Gasteiger partial charge < -0.3 is 10.6 Å². The zero-order valence-electron chi connectivity index (χ0n) is 16.6. The van der Waals surface area contributed by atoms with Gasteiger partial charge in [0, 0.05) is 18.8 Å². The normalized spacial score (nSPS) is 11.2. The molecule has 0 radical (unpaired) electrons. The lowest BCUT2D eigenvalue weighted by Gasteiger charge is -2.10. The van der Waals surface area contributed by atoms with Crippen molar-refractivity contribution < 1.29 is 18.0 Å². The SMILES string of the molecule is Cc1cccc(CNc2ccc(CC(=O)NCc3cccc(C(F)(F)F)c3)cc2)c1. The van der Waals surface area contributed by atoms with Crippen LogP contribution in [0.25, 0.3) is 0 Å². The Morgan fingerprint density at radius 1 is 0.833 bits per heavy atom. The highest BCUT2D eigenvalue weighted by Crippen LogP contribution is 2.29. The molecule has 3 aromatic rings. The lowest BCUT2D eigenvalue weighted by atomic mass is 10.1. The zero-order chi connectivity index (χ0) is 21.6. The van der Waals surface area contributed by atoms with Gasteiger partial charge >= 0.3 is 6.18 Å². The number of hydrogen-bond donors (Lipinski definition) is 2. The summed E-state index contributed by atoms with van der Waals surface area (Å²) in [6, 6.07) is 20.8. The molecule has 0 unspecified atom stereocenters. The lowest BCUT2D eigenvalue weighted by Crippen LogP contribution is -2.24. The average Bonchev–Trinajstić information content (AvgIpc) is 2.71. The van der Waals surface area contributed by atoms with Crippen molar-refractivity contribution >= 4 is 11.6 Å². The van der Waals surface area contributed by atoms with Gasteiger partial charge in [0.05, 0.1) is 12.0 Å². The van der Waals surface area contributed by atoms with Gasteiger partial charge in [-0.25, -0.2) is 0 Å². The first-order chi connectivity index (χ1) is 14.3. The van der Waals surface area contributed by atoms with E-state index >= 15 is 0 Å². The maximum absolute atomic E-state index is 12.8. The van der Waals surface area contributed by atoms with Crippen LogP contribution in [-0.4, -0.2) is 5.91 Å². The molecule has 0 bridgehead atoms. The molecule has 0 aliphatic heterocycles. The molecule has 30 heavy (non-hydrogen) atoms. The van der Waals surface area contributed by atoms with Crippen LogP contribution in [0.5, 0.6) is 0 Å². The Labute approximate surface area is 173 Å². The summed E-state index contributed by atoms with van der Waals surface area (Å²) in [5, 5.41) is 6.01. The van der Waals surface area contributed by atoms with Crippen molar-refractivity contribution in [2.45, 2.75) is 32.6 Å². The van der Waals surface area contributed by atoms with Crippen molar-refractivity contribution in [3.8, 4) is 0 Å². The van der Waals surface area contributed by atoms with E-state index in [4.69, 9.17) is 0 Å². The van der Waals surface area contributed by atoms with E-state index in [9.17, 15) is 18.0 Å². The Balaban J connectivity index is 1.48. The second kappa shape index (κ2) is 9.48. The van der Waals surface area contributed by atoms with Crippen molar-refractivity contribution in [1.82, 2.24) is 5.32 Å². The van der Waals surface area contributed by atoms with Crippen LogP contribution < -0.4 is 10.6 Å². The minimum Gasteiger partial charge on any atom is -0.381 e. The van der Waals surface area contributed by atoms with Gasteiger partial charge in [-0.2, -0.15) is 13.2 Å². The fraction of sp³-hybridized carbons (Fsp3) is 0.208. The van der Waals surface area contributed by atoms with Crippen LogP contribution in [0, 0.1) is 6.92 Å². The molecule has 0 saturated heterocycles. The van der Waals surface area contributed by atoms with E-state index in [1.54, 1.807) is 6.07 Å². The topological polar surface area (TPSA) is 41.1 Å². The number of carbonyl (C=O) groups is 1. The predicted molar refractivity (Wildman–Crippen MR) is 112 cm³/mol. The molecule has 0 saturated carbocycles. The van der Waals surface area contributed by atoms with Crippen LogP contribution in [0.1, 0.15) is 27.8 Å². The number of nitrogens with one attached hydrogen (secondary N) is 2. The third-order valence-corrected chi connectivity index (χ3v) is 4.64. The molecule has 0 aromatic heterocycles. The maximum atomic E-state index is 12.8. The largest absolute Gasteiger partial charge is 0.416 e. The van der Waals surface area contributed by atoms with Crippen molar-refractivity contribution in [1.29, 1.82) is 0 Å². The van der Waals surface area contributed by atoms with Crippen molar-refractivity contribution in [2.24, 2.45) is 0 Å². The van der Waals surface area contributed by atoms with E-state index in [1.165, 1.54) is 17.2 Å². The number of halogens is 3. The molecule has 0 aliphatic rings. The zero-order valence-corrected chi connectivity index (χ0v) is 16.6. The summed E-state index contributed by atoms with van der Waals surface area (Å²) >= 11 is 0. The number of rotatable bonds is 7. The van der Waals surface area contributed by atoms with Crippen molar-refractivity contribution in [3.63, 3.8) is 0 Å². The molecule has 0 fully saturated rings. The predicted octanol–water partition coefficient (Wildman–Crippen LogP) is 5.48. The number of hydrogen-bond acceptors (Lipinski definition) is 2. The second-order valence-electron chi connectivity index (χ2n) is 7.19. The summed E-state index contributed by atoms with van der Waals surface area (Å²) in [7, 11) is 0. The molecule has 0 atom stereocenters. The van der Waals surface area contributed by atoms with Crippen LogP contribution in [0.2, 0.25) is 0 Å². The third-order valence-electron chi connectivity index (χ3n) is 4.64. The van der Waals surface area contributed by atoms with Gasteiger partial charge in [0.1, 0.15) is 0 Å². The fourth-order valence-corrected chi connectivity index (χ4v) is 3.07. The Bertz CT molecular complexity index is 998. The smallest absolute Gasteiger partial charge is 0.381 e. The number of amides is 1. The maximum Gasteiger partial charge on any atom is 0.416 e. The first-order valence-electron chi connectivity index (χ1n) is 9.61. The van der Waals surface area contributed by atoms with Crippen LogP contribution in [0.3, 0.4) is 0 Å². The number of benzene rings is 3. The monoisotopic (exact) mass is 412 g/mol. The van der Waals surface area contributed by atoms with Crippen LogP contribution >= 0.6 is 0 Å². The molecule has 1 amide bonds. The third kappa shape index (κ3) is 6.37. The van der Waals surface area contributed by atoms with E-state index in [0.717, 1.165) is 23.4 Å². The molecular weight excluding hydrogens is 389 g/mol. The molecule has 3 aromatic carbocycles. The molecule has 6 heteroatoms. The van der Waals surface area contributed by atoms with Crippen molar-refractivity contribution in [2.75, 3.05) is 5.32 Å². The average molecular weight is 412 g/mol. The van der Waals surface area contributed by atoms with Crippen LogP contribution in [0.4, 0.5) is 18.9 Å². The number of carbonyl (C=O) groups excluding carboxylic acids is 1. The second-order valence-corrected chi connectivity index (χ2v) is 7.19. The van der Waals surface area contributed by atoms with Crippen molar-refractivity contribution in [3.05, 3.63) is 101 Å². The summed E-state index contributed by atoms with van der Waals surface area (Å²) in [4.78, 5) is 12.1. The molecule has 0 heterocycles. The van der Waals surface area contributed by atoms with Gasteiger partial charge in [-0.3, -0.25) is 4.79 Å². The number of alkyl halides is 3. The standard InChI is InChI=1S/C24H23F3N2O/c1-17-4-2-5-19(12-17)15-28-22-10-8-18(9-11-22)14-23(30)29-16-20-6-3-7-21(13-20)24(25,26)27/h2-13,28H,14-16H2,1H3,(H,29,30). The number of anilines is 1.